The molecule has 0 saturated heterocycles. The minimum absolute atomic E-state index is 0.349. The van der Waals surface area contributed by atoms with Gasteiger partial charge in [0.15, 0.2) is 0 Å². The van der Waals surface area contributed by atoms with Crippen molar-refractivity contribution in [2.24, 2.45) is 5.73 Å². The summed E-state index contributed by atoms with van der Waals surface area (Å²) in [6.45, 7) is 8.75. The van der Waals surface area contributed by atoms with Crippen LogP contribution in [-0.4, -0.2) is 18.2 Å². The van der Waals surface area contributed by atoms with Gasteiger partial charge in [-0.2, -0.15) is 0 Å². The van der Waals surface area contributed by atoms with Crippen molar-refractivity contribution in [3.8, 4) is 5.75 Å². The Morgan fingerprint density at radius 3 is 2.30 bits per heavy atom. The van der Waals surface area contributed by atoms with Crippen molar-refractivity contribution < 1.29 is 5.11 Å². The lowest BCUT2D eigenvalue weighted by Gasteiger charge is -2.10. The zero-order chi connectivity index (χ0) is 17.1. The lowest BCUT2D eigenvalue weighted by molar-refractivity contribution is 0.472. The van der Waals surface area contributed by atoms with Crippen LogP contribution < -0.4 is 11.1 Å². The fourth-order valence-corrected chi connectivity index (χ4v) is 2.13. The Bertz CT molecular complexity index is 553. The van der Waals surface area contributed by atoms with Crippen LogP contribution in [0.15, 0.2) is 48.5 Å². The first-order valence-corrected chi connectivity index (χ1v) is 8.28. The van der Waals surface area contributed by atoms with Gasteiger partial charge < -0.3 is 16.2 Å². The van der Waals surface area contributed by atoms with Gasteiger partial charge in [-0.15, -0.1) is 0 Å². The number of aromatic hydroxyl groups is 1. The molecule has 0 amide bonds. The largest absolute Gasteiger partial charge is 0.508 e. The first-order valence-electron chi connectivity index (χ1n) is 8.28. The topological polar surface area (TPSA) is 58.3 Å². The molecule has 0 atom stereocenters. The highest BCUT2D eigenvalue weighted by atomic mass is 16.3. The maximum absolute atomic E-state index is 9.60. The lowest BCUT2D eigenvalue weighted by atomic mass is 10.0. The van der Waals surface area contributed by atoms with E-state index in [0.29, 0.717) is 18.2 Å². The van der Waals surface area contributed by atoms with E-state index in [4.69, 9.17) is 5.73 Å². The number of phenols is 1. The van der Waals surface area contributed by atoms with Crippen molar-refractivity contribution in [2.75, 3.05) is 13.1 Å². The van der Waals surface area contributed by atoms with Gasteiger partial charge in [0, 0.05) is 6.54 Å². The van der Waals surface area contributed by atoms with Crippen molar-refractivity contribution in [1.29, 1.82) is 0 Å². The van der Waals surface area contributed by atoms with Gasteiger partial charge in [-0.3, -0.25) is 0 Å². The summed E-state index contributed by atoms with van der Waals surface area (Å²) in [5, 5.41) is 12.9. The summed E-state index contributed by atoms with van der Waals surface area (Å²) in [6, 6.07) is 16.0. The van der Waals surface area contributed by atoms with Crippen molar-refractivity contribution >= 4 is 0 Å². The molecule has 23 heavy (non-hydrogen) atoms. The number of nitrogens with one attached hydrogen (secondary N) is 1. The van der Waals surface area contributed by atoms with Crippen LogP contribution in [0.5, 0.6) is 5.75 Å². The van der Waals surface area contributed by atoms with Crippen LogP contribution in [0.3, 0.4) is 0 Å². The van der Waals surface area contributed by atoms with Gasteiger partial charge in [0.25, 0.3) is 0 Å². The maximum Gasteiger partial charge on any atom is 0.116 e. The average molecular weight is 314 g/mol. The quantitative estimate of drug-likeness (QED) is 0.708. The third-order valence-electron chi connectivity index (χ3n) is 3.49. The van der Waals surface area contributed by atoms with Crippen LogP contribution in [0.25, 0.3) is 0 Å². The molecule has 0 aromatic heterocycles. The first-order chi connectivity index (χ1) is 11.0. The monoisotopic (exact) mass is 314 g/mol. The van der Waals surface area contributed by atoms with Gasteiger partial charge in [-0.1, -0.05) is 55.8 Å². The van der Waals surface area contributed by atoms with Crippen LogP contribution in [-0.2, 0) is 6.54 Å². The zero-order valence-corrected chi connectivity index (χ0v) is 14.5. The predicted octanol–water partition coefficient (Wildman–Crippen LogP) is 3.95. The molecular weight excluding hydrogens is 284 g/mol. The normalized spacial score (nSPS) is 10.3. The van der Waals surface area contributed by atoms with E-state index in [-0.39, 0.29) is 0 Å². The number of nitrogens with two attached hydrogens (primary N) is 1. The summed E-state index contributed by atoms with van der Waals surface area (Å²) in [6.07, 6.45) is 0.982. The third kappa shape index (κ3) is 8.38. The molecule has 3 heteroatoms. The highest BCUT2D eigenvalue weighted by Gasteiger charge is 2.03. The van der Waals surface area contributed by atoms with Crippen molar-refractivity contribution in [3.05, 3.63) is 65.2 Å². The zero-order valence-electron chi connectivity index (χ0n) is 14.5. The molecule has 2 aromatic rings. The second kappa shape index (κ2) is 10.8. The Balaban J connectivity index is 0.000000313. The van der Waals surface area contributed by atoms with E-state index in [9.17, 15) is 5.11 Å². The molecule has 0 unspecified atom stereocenters. The molecule has 0 aliphatic heterocycles. The van der Waals surface area contributed by atoms with E-state index in [1.807, 2.05) is 24.3 Å². The van der Waals surface area contributed by atoms with E-state index in [1.165, 1.54) is 11.1 Å². The predicted molar refractivity (Wildman–Crippen MR) is 98.8 cm³/mol. The molecule has 0 saturated carbocycles. The lowest BCUT2D eigenvalue weighted by Crippen LogP contribution is -2.17. The highest BCUT2D eigenvalue weighted by molar-refractivity contribution is 5.35. The summed E-state index contributed by atoms with van der Waals surface area (Å²) in [4.78, 5) is 0. The summed E-state index contributed by atoms with van der Waals surface area (Å²) in [5.41, 5.74) is 9.04. The van der Waals surface area contributed by atoms with Crippen LogP contribution >= 0.6 is 0 Å². The van der Waals surface area contributed by atoms with E-state index in [2.05, 4.69) is 44.3 Å². The summed E-state index contributed by atoms with van der Waals surface area (Å²) >= 11 is 0. The first kappa shape index (κ1) is 19.2. The number of hydrogen-bond donors (Lipinski definition) is 3. The molecule has 0 aliphatic rings. The summed E-state index contributed by atoms with van der Waals surface area (Å²) in [7, 11) is 0. The number of hydrogen-bond acceptors (Lipinski definition) is 3. The Kier molecular flexibility index (Phi) is 9.03. The summed E-state index contributed by atoms with van der Waals surface area (Å²) in [5.74, 6) is 0.789. The van der Waals surface area contributed by atoms with Crippen molar-refractivity contribution in [2.45, 2.75) is 39.7 Å². The minimum atomic E-state index is 0.349. The number of phenolic OH excluding ortho intramolecular Hbond substituents is 1. The van der Waals surface area contributed by atoms with Gasteiger partial charge >= 0.3 is 0 Å². The van der Waals surface area contributed by atoms with Crippen molar-refractivity contribution in [3.63, 3.8) is 0 Å². The fourth-order valence-electron chi connectivity index (χ4n) is 2.13. The highest BCUT2D eigenvalue weighted by Crippen LogP contribution is 2.22. The van der Waals surface area contributed by atoms with Crippen LogP contribution in [0.1, 0.15) is 42.9 Å². The second-order valence-electron chi connectivity index (χ2n) is 6.06. The van der Waals surface area contributed by atoms with Crippen molar-refractivity contribution in [1.82, 2.24) is 5.32 Å². The Morgan fingerprint density at radius 2 is 1.78 bits per heavy atom. The fraction of sp³-hybridized carbons (Fsp3) is 0.400. The molecule has 0 bridgehead atoms. The van der Waals surface area contributed by atoms with Gasteiger partial charge in [0.05, 0.1) is 0 Å². The molecule has 0 spiro atoms. The molecule has 3 nitrogen and oxygen atoms in total. The molecular formula is C20H30N2O. The molecule has 0 fully saturated rings. The third-order valence-corrected chi connectivity index (χ3v) is 3.49. The average Bonchev–Trinajstić information content (AvgIpc) is 2.52. The number of rotatable bonds is 6. The molecule has 0 radical (unpaired) electrons. The molecule has 0 aliphatic carbocycles. The van der Waals surface area contributed by atoms with Gasteiger partial charge in [-0.25, -0.2) is 0 Å². The Labute approximate surface area is 140 Å². The standard InChI is InChI=1S/C13H22N2O.C7H8/c1-10(2)12-6-11(7-13(16)8-12)9-15-5-3-4-14;1-7-5-3-2-4-6-7/h6-8,10,15-16H,3-5,9,14H2,1-2H3;2-6H,1H3. The van der Waals surface area contributed by atoms with E-state index in [0.717, 1.165) is 25.1 Å². The van der Waals surface area contributed by atoms with Gasteiger partial charge in [0.1, 0.15) is 5.75 Å². The van der Waals surface area contributed by atoms with Gasteiger partial charge in [-0.05, 0) is 55.6 Å². The van der Waals surface area contributed by atoms with E-state index >= 15 is 0 Å². The van der Waals surface area contributed by atoms with Crippen LogP contribution in [0.2, 0.25) is 0 Å². The number of aryl methyl sites for hydroxylation is 1. The molecule has 2 rings (SSSR count). The molecule has 4 N–H and O–H groups in total. The van der Waals surface area contributed by atoms with Crippen LogP contribution in [0, 0.1) is 6.92 Å². The minimum Gasteiger partial charge on any atom is -0.508 e. The number of benzene rings is 2. The molecule has 126 valence electrons. The molecule has 2 aromatic carbocycles. The van der Waals surface area contributed by atoms with Gasteiger partial charge in [0.2, 0.25) is 0 Å². The smallest absolute Gasteiger partial charge is 0.116 e. The second-order valence-corrected chi connectivity index (χ2v) is 6.06. The summed E-state index contributed by atoms with van der Waals surface area (Å²) < 4.78 is 0. The molecule has 0 heterocycles. The van der Waals surface area contributed by atoms with Crippen LogP contribution in [0.4, 0.5) is 0 Å². The Hall–Kier alpha value is -1.84. The maximum atomic E-state index is 9.60. The van der Waals surface area contributed by atoms with E-state index in [1.54, 1.807) is 6.07 Å². The van der Waals surface area contributed by atoms with E-state index < -0.39 is 0 Å². The Morgan fingerprint density at radius 1 is 1.09 bits per heavy atom. The SMILES string of the molecule is CC(C)c1cc(O)cc(CNCCCN)c1.Cc1ccccc1.